The van der Waals surface area contributed by atoms with Gasteiger partial charge in [0, 0.05) is 31.4 Å². The minimum Gasteiger partial charge on any atom is -0.373 e. The Hall–Kier alpha value is -1.62. The maximum absolute atomic E-state index is 12.2. The van der Waals surface area contributed by atoms with Crippen LogP contribution in [0.3, 0.4) is 0 Å². The number of hydrogen-bond acceptors (Lipinski definition) is 4. The molecule has 1 amide bonds. The molecule has 1 heterocycles. The van der Waals surface area contributed by atoms with Gasteiger partial charge in [-0.15, -0.1) is 0 Å². The number of amides is 1. The van der Waals surface area contributed by atoms with Crippen LogP contribution in [-0.2, 0) is 0 Å². The third kappa shape index (κ3) is 5.17. The van der Waals surface area contributed by atoms with Crippen LogP contribution >= 0.6 is 0 Å². The van der Waals surface area contributed by atoms with Gasteiger partial charge < -0.3 is 15.5 Å². The highest BCUT2D eigenvalue weighted by atomic mass is 16.1. The van der Waals surface area contributed by atoms with E-state index in [-0.39, 0.29) is 11.3 Å². The zero-order chi connectivity index (χ0) is 15.3. The predicted octanol–water partition coefficient (Wildman–Crippen LogP) is 1.75. The fourth-order valence-corrected chi connectivity index (χ4v) is 2.26. The number of carbonyl (C=O) groups is 1. The second-order valence-electron chi connectivity index (χ2n) is 6.22. The molecule has 5 nitrogen and oxygen atoms in total. The van der Waals surface area contributed by atoms with E-state index in [2.05, 4.69) is 34.4 Å². The summed E-state index contributed by atoms with van der Waals surface area (Å²) in [6, 6.07) is 3.57. The van der Waals surface area contributed by atoms with Gasteiger partial charge in [-0.2, -0.15) is 0 Å². The van der Waals surface area contributed by atoms with Crippen molar-refractivity contribution in [1.29, 1.82) is 0 Å². The van der Waals surface area contributed by atoms with E-state index in [9.17, 15) is 4.79 Å². The molecule has 112 valence electrons. The average molecular weight is 278 g/mol. The highest BCUT2D eigenvalue weighted by Gasteiger charge is 2.20. The number of anilines is 1. The van der Waals surface area contributed by atoms with Gasteiger partial charge in [-0.25, -0.2) is 4.98 Å². The molecule has 5 heteroatoms. The van der Waals surface area contributed by atoms with Gasteiger partial charge in [0.1, 0.15) is 5.82 Å². The van der Waals surface area contributed by atoms with Crippen LogP contribution in [0.2, 0.25) is 0 Å². The topological polar surface area (TPSA) is 57.3 Å². The second-order valence-corrected chi connectivity index (χ2v) is 6.22. The maximum atomic E-state index is 12.2. The Labute approximate surface area is 121 Å². The SMILES string of the molecule is CNc1cc(C(=O)NCC(C)(C)CN(C)C)cc(C)n1. The van der Waals surface area contributed by atoms with Crippen molar-refractivity contribution in [3.8, 4) is 0 Å². The molecule has 0 unspecified atom stereocenters. The van der Waals surface area contributed by atoms with Crippen molar-refractivity contribution in [3.63, 3.8) is 0 Å². The molecule has 0 fully saturated rings. The van der Waals surface area contributed by atoms with E-state index in [1.54, 1.807) is 19.2 Å². The fraction of sp³-hybridized carbons (Fsp3) is 0.600. The van der Waals surface area contributed by atoms with E-state index in [1.165, 1.54) is 0 Å². The van der Waals surface area contributed by atoms with Crippen LogP contribution in [0, 0.1) is 12.3 Å². The summed E-state index contributed by atoms with van der Waals surface area (Å²) in [5.74, 6) is 0.654. The average Bonchev–Trinajstić information content (AvgIpc) is 2.33. The van der Waals surface area contributed by atoms with Gasteiger partial charge in [0.2, 0.25) is 0 Å². The van der Waals surface area contributed by atoms with Crippen molar-refractivity contribution in [3.05, 3.63) is 23.4 Å². The van der Waals surface area contributed by atoms with Gasteiger partial charge >= 0.3 is 0 Å². The first-order valence-corrected chi connectivity index (χ1v) is 6.83. The van der Waals surface area contributed by atoms with Gasteiger partial charge in [0.15, 0.2) is 0 Å². The Bertz CT molecular complexity index is 469. The zero-order valence-electron chi connectivity index (χ0n) is 13.4. The first-order valence-electron chi connectivity index (χ1n) is 6.83. The monoisotopic (exact) mass is 278 g/mol. The van der Waals surface area contributed by atoms with Gasteiger partial charge in [0.25, 0.3) is 5.91 Å². The molecular formula is C15H26N4O. The van der Waals surface area contributed by atoms with E-state index >= 15 is 0 Å². The van der Waals surface area contributed by atoms with Gasteiger partial charge in [-0.3, -0.25) is 4.79 Å². The fourth-order valence-electron chi connectivity index (χ4n) is 2.26. The third-order valence-electron chi connectivity index (χ3n) is 2.94. The maximum Gasteiger partial charge on any atom is 0.251 e. The lowest BCUT2D eigenvalue weighted by atomic mass is 9.93. The molecule has 2 N–H and O–H groups in total. The lowest BCUT2D eigenvalue weighted by Crippen LogP contribution is -2.40. The van der Waals surface area contributed by atoms with E-state index in [0.29, 0.717) is 17.9 Å². The molecule has 1 aromatic rings. The van der Waals surface area contributed by atoms with Crippen LogP contribution in [-0.4, -0.2) is 50.0 Å². The Morgan fingerprint density at radius 1 is 1.35 bits per heavy atom. The van der Waals surface area contributed by atoms with Crippen molar-refractivity contribution in [2.45, 2.75) is 20.8 Å². The van der Waals surface area contributed by atoms with Crippen molar-refractivity contribution in [2.75, 3.05) is 39.5 Å². The van der Waals surface area contributed by atoms with E-state index in [4.69, 9.17) is 0 Å². The van der Waals surface area contributed by atoms with E-state index in [1.807, 2.05) is 21.0 Å². The first-order chi connectivity index (χ1) is 9.23. The molecule has 0 radical (unpaired) electrons. The van der Waals surface area contributed by atoms with Crippen molar-refractivity contribution < 1.29 is 4.79 Å². The summed E-state index contributed by atoms with van der Waals surface area (Å²) in [5, 5.41) is 5.97. The zero-order valence-corrected chi connectivity index (χ0v) is 13.4. The summed E-state index contributed by atoms with van der Waals surface area (Å²) < 4.78 is 0. The Kier molecular flexibility index (Phi) is 5.51. The third-order valence-corrected chi connectivity index (χ3v) is 2.94. The van der Waals surface area contributed by atoms with Crippen LogP contribution < -0.4 is 10.6 Å². The summed E-state index contributed by atoms with van der Waals surface area (Å²) >= 11 is 0. The Morgan fingerprint density at radius 2 is 2.00 bits per heavy atom. The molecule has 0 atom stereocenters. The Morgan fingerprint density at radius 3 is 2.55 bits per heavy atom. The number of carbonyl (C=O) groups excluding carboxylic acids is 1. The number of pyridine rings is 1. The largest absolute Gasteiger partial charge is 0.373 e. The lowest BCUT2D eigenvalue weighted by Gasteiger charge is -2.28. The van der Waals surface area contributed by atoms with Crippen LogP contribution in [0.15, 0.2) is 12.1 Å². The molecule has 20 heavy (non-hydrogen) atoms. The summed E-state index contributed by atoms with van der Waals surface area (Å²) in [4.78, 5) is 18.6. The number of nitrogens with one attached hydrogen (secondary N) is 2. The van der Waals surface area contributed by atoms with Crippen molar-refractivity contribution in [1.82, 2.24) is 15.2 Å². The predicted molar refractivity (Wildman–Crippen MR) is 83.2 cm³/mol. The van der Waals surface area contributed by atoms with Crippen molar-refractivity contribution in [2.24, 2.45) is 5.41 Å². The molecule has 0 spiro atoms. The molecular weight excluding hydrogens is 252 g/mol. The minimum atomic E-state index is -0.0566. The normalized spacial score (nSPS) is 11.6. The summed E-state index contributed by atoms with van der Waals surface area (Å²) in [6.07, 6.45) is 0. The molecule has 1 rings (SSSR count). The van der Waals surface area contributed by atoms with Crippen LogP contribution in [0.1, 0.15) is 29.9 Å². The van der Waals surface area contributed by atoms with Crippen LogP contribution in [0.25, 0.3) is 0 Å². The van der Waals surface area contributed by atoms with E-state index in [0.717, 1.165) is 12.2 Å². The number of aryl methyl sites for hydroxylation is 1. The van der Waals surface area contributed by atoms with Crippen LogP contribution in [0.4, 0.5) is 5.82 Å². The highest BCUT2D eigenvalue weighted by Crippen LogP contribution is 2.15. The highest BCUT2D eigenvalue weighted by molar-refractivity contribution is 5.95. The molecule has 0 aliphatic heterocycles. The number of nitrogens with zero attached hydrogens (tertiary/aromatic N) is 2. The molecule has 0 aliphatic rings. The number of hydrogen-bond donors (Lipinski definition) is 2. The van der Waals surface area contributed by atoms with Gasteiger partial charge in [-0.05, 0) is 38.6 Å². The number of rotatable bonds is 6. The molecule has 0 aromatic carbocycles. The van der Waals surface area contributed by atoms with Gasteiger partial charge in [-0.1, -0.05) is 13.8 Å². The second kappa shape index (κ2) is 6.70. The Balaban J connectivity index is 2.70. The molecule has 0 saturated carbocycles. The standard InChI is InChI=1S/C15H26N4O/c1-11-7-12(8-13(16-4)18-11)14(20)17-9-15(2,3)10-19(5)6/h7-8H,9-10H2,1-6H3,(H,16,18)(H,17,20). The van der Waals surface area contributed by atoms with Crippen LogP contribution in [0.5, 0.6) is 0 Å². The molecule has 1 aromatic heterocycles. The molecule has 0 saturated heterocycles. The quantitative estimate of drug-likeness (QED) is 0.832. The summed E-state index contributed by atoms with van der Waals surface area (Å²) in [6.45, 7) is 7.73. The molecule has 0 bridgehead atoms. The van der Waals surface area contributed by atoms with E-state index < -0.39 is 0 Å². The lowest BCUT2D eigenvalue weighted by molar-refractivity contribution is 0.0929. The number of aromatic nitrogens is 1. The first kappa shape index (κ1) is 16.4. The van der Waals surface area contributed by atoms with Crippen molar-refractivity contribution >= 4 is 11.7 Å². The summed E-state index contributed by atoms with van der Waals surface area (Å²) in [5.41, 5.74) is 1.50. The smallest absolute Gasteiger partial charge is 0.251 e. The molecule has 0 aliphatic carbocycles. The van der Waals surface area contributed by atoms with Gasteiger partial charge in [0.05, 0.1) is 0 Å². The minimum absolute atomic E-state index is 0.0348. The summed E-state index contributed by atoms with van der Waals surface area (Å²) in [7, 11) is 5.87.